The van der Waals surface area contributed by atoms with Crippen LogP contribution in [0.15, 0.2) is 16.5 Å². The average molecular weight is 342 g/mol. The van der Waals surface area contributed by atoms with Crippen LogP contribution in [0.5, 0.6) is 0 Å². The van der Waals surface area contributed by atoms with Crippen molar-refractivity contribution in [3.05, 3.63) is 33.1 Å². The number of amides is 1. The standard InChI is InChI=1S/C14H16ClN3O3S/c1-8(11-3-4-12(15)22-11)14(19)18-5-6-20-7-10(18)13-17-16-9(2)21-13/h3-4,8,10H,5-7H2,1-2H3. The average Bonchev–Trinajstić information content (AvgIpc) is 3.14. The molecule has 1 fully saturated rings. The van der Waals surface area contributed by atoms with E-state index in [1.165, 1.54) is 11.3 Å². The Bertz CT molecular complexity index is 672. The molecular weight excluding hydrogens is 326 g/mol. The Hall–Kier alpha value is -1.44. The van der Waals surface area contributed by atoms with Gasteiger partial charge in [-0.3, -0.25) is 4.79 Å². The summed E-state index contributed by atoms with van der Waals surface area (Å²) in [5.41, 5.74) is 0. The number of halogens is 1. The number of hydrogen-bond donors (Lipinski definition) is 0. The molecule has 3 heterocycles. The Kier molecular flexibility index (Phi) is 4.46. The first kappa shape index (κ1) is 15.5. The van der Waals surface area contributed by atoms with Crippen LogP contribution in [-0.2, 0) is 9.53 Å². The molecule has 2 aromatic rings. The van der Waals surface area contributed by atoms with Crippen molar-refractivity contribution < 1.29 is 13.9 Å². The van der Waals surface area contributed by atoms with Crippen molar-refractivity contribution in [2.45, 2.75) is 25.8 Å². The molecule has 2 unspecified atom stereocenters. The predicted octanol–water partition coefficient (Wildman–Crippen LogP) is 2.80. The van der Waals surface area contributed by atoms with Crippen LogP contribution < -0.4 is 0 Å². The second-order valence-electron chi connectivity index (χ2n) is 5.15. The molecule has 3 rings (SSSR count). The van der Waals surface area contributed by atoms with Gasteiger partial charge >= 0.3 is 0 Å². The van der Waals surface area contributed by atoms with Crippen LogP contribution in [0.4, 0.5) is 0 Å². The Balaban J connectivity index is 1.82. The zero-order valence-electron chi connectivity index (χ0n) is 12.3. The topological polar surface area (TPSA) is 68.5 Å². The fraction of sp³-hybridized carbons (Fsp3) is 0.500. The van der Waals surface area contributed by atoms with Crippen LogP contribution in [0, 0.1) is 6.92 Å². The summed E-state index contributed by atoms with van der Waals surface area (Å²) in [6.07, 6.45) is 0. The lowest BCUT2D eigenvalue weighted by Crippen LogP contribution is -2.45. The number of thiophene rings is 1. The third-order valence-corrected chi connectivity index (χ3v) is 5.04. The van der Waals surface area contributed by atoms with Gasteiger partial charge < -0.3 is 14.1 Å². The highest BCUT2D eigenvalue weighted by Crippen LogP contribution is 2.32. The van der Waals surface area contributed by atoms with E-state index in [1.54, 1.807) is 11.8 Å². The molecular formula is C14H16ClN3O3S. The normalized spacial score (nSPS) is 20.1. The molecule has 1 aliphatic rings. The van der Waals surface area contributed by atoms with Crippen LogP contribution in [0.3, 0.4) is 0 Å². The maximum atomic E-state index is 12.8. The van der Waals surface area contributed by atoms with Crippen LogP contribution >= 0.6 is 22.9 Å². The van der Waals surface area contributed by atoms with Crippen LogP contribution in [0.25, 0.3) is 0 Å². The van der Waals surface area contributed by atoms with Gasteiger partial charge in [-0.15, -0.1) is 21.5 Å². The van der Waals surface area contributed by atoms with Crippen LogP contribution in [0.2, 0.25) is 4.34 Å². The summed E-state index contributed by atoms with van der Waals surface area (Å²) in [6, 6.07) is 3.37. The molecule has 6 nitrogen and oxygen atoms in total. The molecule has 22 heavy (non-hydrogen) atoms. The van der Waals surface area contributed by atoms with Gasteiger partial charge in [0.2, 0.25) is 17.7 Å². The summed E-state index contributed by atoms with van der Waals surface area (Å²) in [7, 11) is 0. The number of aromatic nitrogens is 2. The van der Waals surface area contributed by atoms with E-state index >= 15 is 0 Å². The first-order valence-electron chi connectivity index (χ1n) is 6.99. The van der Waals surface area contributed by atoms with Crippen molar-refractivity contribution in [2.24, 2.45) is 0 Å². The first-order valence-corrected chi connectivity index (χ1v) is 8.19. The lowest BCUT2D eigenvalue weighted by Gasteiger charge is -2.35. The van der Waals surface area contributed by atoms with Gasteiger partial charge in [-0.05, 0) is 19.1 Å². The minimum atomic E-state index is -0.333. The number of ether oxygens (including phenoxy) is 1. The first-order chi connectivity index (χ1) is 10.6. The van der Waals surface area contributed by atoms with Crippen molar-refractivity contribution in [1.82, 2.24) is 15.1 Å². The number of nitrogens with zero attached hydrogens (tertiary/aromatic N) is 3. The fourth-order valence-electron chi connectivity index (χ4n) is 2.45. The Labute approximate surface area is 137 Å². The van der Waals surface area contributed by atoms with E-state index < -0.39 is 0 Å². The monoisotopic (exact) mass is 341 g/mol. The molecule has 0 aromatic carbocycles. The van der Waals surface area contributed by atoms with E-state index in [0.717, 1.165) is 4.88 Å². The second-order valence-corrected chi connectivity index (χ2v) is 6.89. The Morgan fingerprint density at radius 3 is 2.95 bits per heavy atom. The molecule has 8 heteroatoms. The summed E-state index contributed by atoms with van der Waals surface area (Å²) in [6.45, 7) is 4.99. The molecule has 2 aromatic heterocycles. The lowest BCUT2D eigenvalue weighted by atomic mass is 10.1. The van der Waals surface area contributed by atoms with E-state index in [4.69, 9.17) is 20.8 Å². The molecule has 0 N–H and O–H groups in total. The van der Waals surface area contributed by atoms with E-state index in [0.29, 0.717) is 35.9 Å². The van der Waals surface area contributed by atoms with Gasteiger partial charge in [0.15, 0.2) is 0 Å². The molecule has 0 bridgehead atoms. The number of carbonyl (C=O) groups is 1. The van der Waals surface area contributed by atoms with Gasteiger partial charge in [0.05, 0.1) is 23.5 Å². The number of rotatable bonds is 3. The maximum absolute atomic E-state index is 12.8. The van der Waals surface area contributed by atoms with Gasteiger partial charge in [0, 0.05) is 18.3 Å². The minimum Gasteiger partial charge on any atom is -0.423 e. The molecule has 0 radical (unpaired) electrons. The van der Waals surface area contributed by atoms with Crippen molar-refractivity contribution in [1.29, 1.82) is 0 Å². The van der Waals surface area contributed by atoms with Gasteiger partial charge in [-0.25, -0.2) is 0 Å². The highest BCUT2D eigenvalue weighted by atomic mass is 35.5. The second kappa shape index (κ2) is 6.36. The largest absolute Gasteiger partial charge is 0.423 e. The third kappa shape index (κ3) is 3.02. The van der Waals surface area contributed by atoms with E-state index in [1.807, 2.05) is 19.1 Å². The summed E-state index contributed by atoms with van der Waals surface area (Å²) < 4.78 is 11.6. The van der Waals surface area contributed by atoms with E-state index in [9.17, 15) is 4.79 Å². The molecule has 1 saturated heterocycles. The fourth-order valence-corrected chi connectivity index (χ4v) is 3.56. The molecule has 118 valence electrons. The quantitative estimate of drug-likeness (QED) is 0.858. The molecule has 0 aliphatic carbocycles. The molecule has 1 amide bonds. The van der Waals surface area contributed by atoms with Crippen molar-refractivity contribution in [3.8, 4) is 0 Å². The number of aryl methyl sites for hydroxylation is 1. The van der Waals surface area contributed by atoms with Crippen molar-refractivity contribution in [3.63, 3.8) is 0 Å². The molecule has 0 spiro atoms. The maximum Gasteiger partial charge on any atom is 0.241 e. The lowest BCUT2D eigenvalue weighted by molar-refractivity contribution is -0.142. The van der Waals surface area contributed by atoms with Gasteiger partial charge in [-0.2, -0.15) is 0 Å². The summed E-state index contributed by atoms with van der Waals surface area (Å²) in [5.74, 6) is 0.651. The summed E-state index contributed by atoms with van der Waals surface area (Å²) >= 11 is 7.39. The van der Waals surface area contributed by atoms with Crippen LogP contribution in [0.1, 0.15) is 35.5 Å². The number of morpholine rings is 1. The van der Waals surface area contributed by atoms with E-state index in [2.05, 4.69) is 10.2 Å². The molecule has 2 atom stereocenters. The minimum absolute atomic E-state index is 0.0164. The SMILES string of the molecule is Cc1nnc(C2COCCN2C(=O)C(C)c2ccc(Cl)s2)o1. The number of carbonyl (C=O) groups excluding carboxylic acids is 1. The zero-order chi connectivity index (χ0) is 15.7. The highest BCUT2D eigenvalue weighted by Gasteiger charge is 2.35. The third-order valence-electron chi connectivity index (χ3n) is 3.63. The summed E-state index contributed by atoms with van der Waals surface area (Å²) in [5, 5.41) is 7.87. The van der Waals surface area contributed by atoms with E-state index in [-0.39, 0.29) is 17.9 Å². The predicted molar refractivity (Wildman–Crippen MR) is 82.1 cm³/mol. The zero-order valence-corrected chi connectivity index (χ0v) is 13.9. The Morgan fingerprint density at radius 1 is 1.50 bits per heavy atom. The highest BCUT2D eigenvalue weighted by molar-refractivity contribution is 7.16. The van der Waals surface area contributed by atoms with Crippen molar-refractivity contribution in [2.75, 3.05) is 19.8 Å². The van der Waals surface area contributed by atoms with Gasteiger partial charge in [0.1, 0.15) is 6.04 Å². The van der Waals surface area contributed by atoms with Crippen molar-refractivity contribution >= 4 is 28.8 Å². The summed E-state index contributed by atoms with van der Waals surface area (Å²) in [4.78, 5) is 15.5. The smallest absolute Gasteiger partial charge is 0.241 e. The van der Waals surface area contributed by atoms with Gasteiger partial charge in [0.25, 0.3) is 0 Å². The molecule has 0 saturated carbocycles. The molecule has 1 aliphatic heterocycles. The van der Waals surface area contributed by atoms with Gasteiger partial charge in [-0.1, -0.05) is 11.6 Å². The Morgan fingerprint density at radius 2 is 2.32 bits per heavy atom. The number of hydrogen-bond acceptors (Lipinski definition) is 6. The van der Waals surface area contributed by atoms with Crippen LogP contribution in [-0.4, -0.2) is 40.8 Å².